The van der Waals surface area contributed by atoms with E-state index in [1.165, 1.54) is 6.08 Å². The van der Waals surface area contributed by atoms with Gasteiger partial charge in [-0.25, -0.2) is 0 Å². The first-order chi connectivity index (χ1) is 15.1. The van der Waals surface area contributed by atoms with Gasteiger partial charge in [0.2, 0.25) is 5.91 Å². The quantitative estimate of drug-likeness (QED) is 0.496. The molecule has 2 amide bonds. The van der Waals surface area contributed by atoms with E-state index < -0.39 is 0 Å². The lowest BCUT2D eigenvalue weighted by atomic mass is 10.1. The third-order valence-corrected chi connectivity index (χ3v) is 4.71. The van der Waals surface area contributed by atoms with Crippen LogP contribution in [0.25, 0.3) is 6.08 Å². The monoisotopic (exact) mass is 414 g/mol. The Morgan fingerprint density at radius 1 is 0.935 bits per heavy atom. The highest BCUT2D eigenvalue weighted by Crippen LogP contribution is 2.20. The molecular weight excluding hydrogens is 388 g/mol. The molecule has 0 fully saturated rings. The highest BCUT2D eigenvalue weighted by molar-refractivity contribution is 6.07. The number of rotatable bonds is 8. The van der Waals surface area contributed by atoms with Crippen molar-refractivity contribution in [3.8, 4) is 5.75 Å². The van der Waals surface area contributed by atoms with E-state index in [9.17, 15) is 9.59 Å². The van der Waals surface area contributed by atoms with E-state index in [0.29, 0.717) is 23.6 Å². The number of ether oxygens (including phenoxy) is 1. The Morgan fingerprint density at radius 3 is 2.39 bits per heavy atom. The van der Waals surface area contributed by atoms with Crippen LogP contribution in [0, 0.1) is 0 Å². The highest BCUT2D eigenvalue weighted by Gasteiger charge is 2.15. The summed E-state index contributed by atoms with van der Waals surface area (Å²) in [6.07, 6.45) is 3.12. The molecule has 0 saturated heterocycles. The van der Waals surface area contributed by atoms with Crippen LogP contribution in [0.1, 0.15) is 41.4 Å². The zero-order valence-corrected chi connectivity index (χ0v) is 17.7. The SMILES string of the molecule is CCOc1ccccc1/C=C/C(=O)Nc1ccccc1C(=O)NC(C)c1ccccc1. The molecule has 0 radical (unpaired) electrons. The Hall–Kier alpha value is -3.86. The van der Waals surface area contributed by atoms with Crippen molar-refractivity contribution in [2.45, 2.75) is 19.9 Å². The fourth-order valence-electron chi connectivity index (χ4n) is 3.13. The molecule has 0 spiro atoms. The van der Waals surface area contributed by atoms with Gasteiger partial charge in [0, 0.05) is 11.6 Å². The van der Waals surface area contributed by atoms with Gasteiger partial charge in [0.25, 0.3) is 5.91 Å². The van der Waals surface area contributed by atoms with Gasteiger partial charge in [0.1, 0.15) is 5.75 Å². The number of anilines is 1. The van der Waals surface area contributed by atoms with Gasteiger partial charge in [-0.3, -0.25) is 9.59 Å². The van der Waals surface area contributed by atoms with Gasteiger partial charge in [-0.1, -0.05) is 60.7 Å². The lowest BCUT2D eigenvalue weighted by Crippen LogP contribution is -2.27. The molecule has 3 rings (SSSR count). The van der Waals surface area contributed by atoms with Crippen LogP contribution in [-0.2, 0) is 4.79 Å². The first kappa shape index (κ1) is 21.8. The lowest BCUT2D eigenvalue weighted by molar-refractivity contribution is -0.111. The van der Waals surface area contributed by atoms with E-state index in [4.69, 9.17) is 4.74 Å². The van der Waals surface area contributed by atoms with Gasteiger partial charge in [-0.2, -0.15) is 0 Å². The minimum absolute atomic E-state index is 0.160. The van der Waals surface area contributed by atoms with E-state index in [2.05, 4.69) is 10.6 Å². The Labute approximate surface area is 182 Å². The van der Waals surface area contributed by atoms with Crippen LogP contribution in [0.2, 0.25) is 0 Å². The van der Waals surface area contributed by atoms with Crippen molar-refractivity contribution in [1.29, 1.82) is 0 Å². The number of para-hydroxylation sites is 2. The molecule has 158 valence electrons. The molecule has 0 bridgehead atoms. The molecule has 5 heteroatoms. The maximum Gasteiger partial charge on any atom is 0.253 e. The van der Waals surface area contributed by atoms with Crippen molar-refractivity contribution in [3.05, 3.63) is 102 Å². The number of amides is 2. The van der Waals surface area contributed by atoms with Crippen molar-refractivity contribution in [2.75, 3.05) is 11.9 Å². The second-order valence-corrected chi connectivity index (χ2v) is 6.94. The summed E-state index contributed by atoms with van der Waals surface area (Å²) >= 11 is 0. The van der Waals surface area contributed by atoms with Gasteiger partial charge >= 0.3 is 0 Å². The molecule has 5 nitrogen and oxygen atoms in total. The topological polar surface area (TPSA) is 67.4 Å². The number of benzene rings is 3. The molecule has 0 aliphatic heterocycles. The Balaban J connectivity index is 1.70. The first-order valence-corrected chi connectivity index (χ1v) is 10.2. The predicted octanol–water partition coefficient (Wildman–Crippen LogP) is 5.23. The fourth-order valence-corrected chi connectivity index (χ4v) is 3.13. The van der Waals surface area contributed by atoms with Crippen LogP contribution >= 0.6 is 0 Å². The third-order valence-electron chi connectivity index (χ3n) is 4.71. The van der Waals surface area contributed by atoms with Crippen LogP contribution in [0.4, 0.5) is 5.69 Å². The maximum atomic E-state index is 12.8. The summed E-state index contributed by atoms with van der Waals surface area (Å²) in [7, 11) is 0. The van der Waals surface area contributed by atoms with Crippen molar-refractivity contribution in [2.24, 2.45) is 0 Å². The fraction of sp³-hybridized carbons (Fsp3) is 0.154. The average Bonchev–Trinajstić information content (AvgIpc) is 2.79. The molecule has 3 aromatic rings. The zero-order valence-electron chi connectivity index (χ0n) is 17.7. The van der Waals surface area contributed by atoms with Gasteiger partial charge < -0.3 is 15.4 Å². The van der Waals surface area contributed by atoms with E-state index in [0.717, 1.165) is 11.1 Å². The number of hydrogen-bond acceptors (Lipinski definition) is 3. The van der Waals surface area contributed by atoms with Crippen LogP contribution < -0.4 is 15.4 Å². The van der Waals surface area contributed by atoms with E-state index in [-0.39, 0.29) is 17.9 Å². The number of nitrogens with one attached hydrogen (secondary N) is 2. The summed E-state index contributed by atoms with van der Waals surface area (Å²) in [6, 6.07) is 24.0. The molecule has 31 heavy (non-hydrogen) atoms. The molecule has 1 unspecified atom stereocenters. The summed E-state index contributed by atoms with van der Waals surface area (Å²) in [4.78, 5) is 25.3. The van der Waals surface area contributed by atoms with E-state index in [1.54, 1.807) is 30.3 Å². The predicted molar refractivity (Wildman–Crippen MR) is 124 cm³/mol. The van der Waals surface area contributed by atoms with Gasteiger partial charge in [0.05, 0.1) is 23.9 Å². The smallest absolute Gasteiger partial charge is 0.253 e. The molecule has 0 saturated carbocycles. The summed E-state index contributed by atoms with van der Waals surface area (Å²) in [5.74, 6) is 0.129. The van der Waals surface area contributed by atoms with Crippen LogP contribution in [0.3, 0.4) is 0 Å². The second-order valence-electron chi connectivity index (χ2n) is 6.94. The Bertz CT molecular complexity index is 1060. The van der Waals surface area contributed by atoms with Crippen LogP contribution in [0.15, 0.2) is 84.9 Å². The Kier molecular flexibility index (Phi) is 7.60. The maximum absolute atomic E-state index is 12.8. The molecule has 0 aromatic heterocycles. The van der Waals surface area contributed by atoms with Crippen molar-refractivity contribution < 1.29 is 14.3 Å². The largest absolute Gasteiger partial charge is 0.493 e. The lowest BCUT2D eigenvalue weighted by Gasteiger charge is -2.16. The molecule has 0 heterocycles. The summed E-state index contributed by atoms with van der Waals surface area (Å²) in [5.41, 5.74) is 2.67. The second kappa shape index (κ2) is 10.8. The van der Waals surface area contributed by atoms with Crippen molar-refractivity contribution >= 4 is 23.6 Å². The van der Waals surface area contributed by atoms with Gasteiger partial charge in [0.15, 0.2) is 0 Å². The zero-order chi connectivity index (χ0) is 22.1. The minimum atomic E-state index is -0.331. The molecular formula is C26H26N2O3. The number of hydrogen-bond donors (Lipinski definition) is 2. The summed E-state index contributed by atoms with van der Waals surface area (Å²) in [5, 5.41) is 5.78. The number of carbonyl (C=O) groups is 2. The van der Waals surface area contributed by atoms with Crippen LogP contribution in [0.5, 0.6) is 5.75 Å². The summed E-state index contributed by atoms with van der Waals surface area (Å²) in [6.45, 7) is 4.38. The van der Waals surface area contributed by atoms with Crippen LogP contribution in [-0.4, -0.2) is 18.4 Å². The molecule has 3 aromatic carbocycles. The normalized spacial score (nSPS) is 11.7. The first-order valence-electron chi connectivity index (χ1n) is 10.2. The van der Waals surface area contributed by atoms with E-state index in [1.807, 2.05) is 68.4 Å². The molecule has 0 aliphatic carbocycles. The molecule has 2 N–H and O–H groups in total. The number of carbonyl (C=O) groups excluding carboxylic acids is 2. The Morgan fingerprint density at radius 2 is 1.61 bits per heavy atom. The van der Waals surface area contributed by atoms with Gasteiger partial charge in [-0.15, -0.1) is 0 Å². The van der Waals surface area contributed by atoms with Crippen molar-refractivity contribution in [1.82, 2.24) is 5.32 Å². The molecule has 1 atom stereocenters. The summed E-state index contributed by atoms with van der Waals surface area (Å²) < 4.78 is 5.58. The standard InChI is InChI=1S/C26H26N2O3/c1-3-31-24-16-10-7-13-21(24)17-18-25(29)28-23-15-9-8-14-22(23)26(30)27-19(2)20-11-5-4-6-12-20/h4-19H,3H2,1-2H3,(H,27,30)(H,28,29)/b18-17+. The average molecular weight is 415 g/mol. The third kappa shape index (κ3) is 6.06. The van der Waals surface area contributed by atoms with Gasteiger partial charge in [-0.05, 0) is 43.7 Å². The van der Waals surface area contributed by atoms with E-state index >= 15 is 0 Å². The highest BCUT2D eigenvalue weighted by atomic mass is 16.5. The molecule has 0 aliphatic rings. The van der Waals surface area contributed by atoms with Crippen molar-refractivity contribution in [3.63, 3.8) is 0 Å². The minimum Gasteiger partial charge on any atom is -0.493 e.